The number of hydrogen-bond donors (Lipinski definition) is 2. The highest BCUT2D eigenvalue weighted by atomic mass is 32.2. The number of aryl methyl sites for hydroxylation is 1. The van der Waals surface area contributed by atoms with E-state index in [2.05, 4.69) is 9.71 Å². The number of para-hydroxylation sites is 1. The Morgan fingerprint density at radius 3 is 2.19 bits per heavy atom. The molecule has 36 heavy (non-hydrogen) atoms. The van der Waals surface area contributed by atoms with Crippen LogP contribution in [0.1, 0.15) is 25.1 Å². The summed E-state index contributed by atoms with van der Waals surface area (Å²) in [6.45, 7) is 5.64. The van der Waals surface area contributed by atoms with Gasteiger partial charge in [-0.15, -0.1) is 0 Å². The summed E-state index contributed by atoms with van der Waals surface area (Å²) < 4.78 is 33.7. The number of ether oxygens (including phenoxy) is 1. The van der Waals surface area contributed by atoms with Gasteiger partial charge in [0.25, 0.3) is 0 Å². The van der Waals surface area contributed by atoms with Crippen molar-refractivity contribution in [3.63, 3.8) is 0 Å². The number of carbonyl (C=O) groups is 1. The maximum atomic E-state index is 12.6. The van der Waals surface area contributed by atoms with E-state index >= 15 is 0 Å². The molecule has 0 radical (unpaired) electrons. The van der Waals surface area contributed by atoms with Crippen molar-refractivity contribution in [2.24, 2.45) is 5.92 Å². The summed E-state index contributed by atoms with van der Waals surface area (Å²) in [5.74, 6) is -0.808. The molecular formula is C28H28N2O5S. The minimum absolute atomic E-state index is 0.0167. The van der Waals surface area contributed by atoms with Crippen molar-refractivity contribution in [1.82, 2.24) is 9.71 Å². The number of fused-ring (bicyclic) bond motifs is 1. The molecule has 4 rings (SSSR count). The molecule has 3 aromatic carbocycles. The number of carboxylic acid groups (broad SMARTS) is 1. The Morgan fingerprint density at radius 1 is 0.972 bits per heavy atom. The molecule has 0 saturated heterocycles. The van der Waals surface area contributed by atoms with E-state index in [4.69, 9.17) is 4.74 Å². The fraction of sp³-hybridized carbons (Fsp3) is 0.214. The first-order valence-electron chi connectivity index (χ1n) is 11.6. The van der Waals surface area contributed by atoms with Gasteiger partial charge in [-0.3, -0.25) is 9.78 Å². The van der Waals surface area contributed by atoms with Crippen LogP contribution >= 0.6 is 0 Å². The Morgan fingerprint density at radius 2 is 1.58 bits per heavy atom. The monoisotopic (exact) mass is 504 g/mol. The van der Waals surface area contributed by atoms with Crippen LogP contribution in [-0.2, 0) is 21.4 Å². The number of pyridine rings is 1. The zero-order valence-corrected chi connectivity index (χ0v) is 21.1. The molecule has 1 aromatic heterocycles. The number of carboxylic acids is 1. The van der Waals surface area contributed by atoms with Crippen molar-refractivity contribution in [3.05, 3.63) is 90.1 Å². The van der Waals surface area contributed by atoms with E-state index in [9.17, 15) is 18.3 Å². The molecule has 0 bridgehead atoms. The van der Waals surface area contributed by atoms with E-state index in [-0.39, 0.29) is 10.8 Å². The van der Waals surface area contributed by atoms with E-state index in [1.807, 2.05) is 61.5 Å². The van der Waals surface area contributed by atoms with Crippen molar-refractivity contribution < 1.29 is 23.1 Å². The van der Waals surface area contributed by atoms with E-state index in [1.165, 1.54) is 12.1 Å². The molecule has 1 heterocycles. The van der Waals surface area contributed by atoms with Crippen LogP contribution in [0, 0.1) is 12.8 Å². The summed E-state index contributed by atoms with van der Waals surface area (Å²) >= 11 is 0. The minimum atomic E-state index is -3.96. The molecule has 0 amide bonds. The predicted molar refractivity (Wildman–Crippen MR) is 139 cm³/mol. The number of sulfonamides is 1. The van der Waals surface area contributed by atoms with E-state index in [0.29, 0.717) is 6.61 Å². The lowest BCUT2D eigenvalue weighted by atomic mass is 10.0. The molecule has 4 aromatic rings. The van der Waals surface area contributed by atoms with E-state index < -0.39 is 22.0 Å². The molecule has 0 aliphatic heterocycles. The van der Waals surface area contributed by atoms with Crippen molar-refractivity contribution in [1.29, 1.82) is 0 Å². The van der Waals surface area contributed by atoms with Crippen molar-refractivity contribution in [3.8, 4) is 16.9 Å². The minimum Gasteiger partial charge on any atom is -0.488 e. The van der Waals surface area contributed by atoms with Gasteiger partial charge in [-0.05, 0) is 53.8 Å². The number of hydrogen-bond acceptors (Lipinski definition) is 5. The third kappa shape index (κ3) is 5.72. The Bertz CT molecular complexity index is 1480. The highest BCUT2D eigenvalue weighted by molar-refractivity contribution is 7.89. The predicted octanol–water partition coefficient (Wildman–Crippen LogP) is 5.18. The summed E-state index contributed by atoms with van der Waals surface area (Å²) in [5.41, 5.74) is 4.55. The lowest BCUT2D eigenvalue weighted by Gasteiger charge is -2.18. The van der Waals surface area contributed by atoms with Crippen LogP contribution in [0.4, 0.5) is 0 Å². The second-order valence-electron chi connectivity index (χ2n) is 8.97. The SMILES string of the molecule is Cc1cc(OCc2ccc(-c3ccc(S(=O)(=O)NC(C(=O)O)C(C)C)cc3)cc2)c2ccccc2n1. The topological polar surface area (TPSA) is 106 Å². The summed E-state index contributed by atoms with van der Waals surface area (Å²) in [5, 5.41) is 10.3. The molecule has 0 saturated carbocycles. The maximum Gasteiger partial charge on any atom is 0.322 e. The normalized spacial score (nSPS) is 12.6. The molecule has 0 aliphatic carbocycles. The van der Waals surface area contributed by atoms with Crippen molar-refractivity contribution >= 4 is 26.9 Å². The Kier molecular flexibility index (Phi) is 7.37. The lowest BCUT2D eigenvalue weighted by Crippen LogP contribution is -2.44. The highest BCUT2D eigenvalue weighted by Gasteiger charge is 2.27. The smallest absolute Gasteiger partial charge is 0.322 e. The average Bonchev–Trinajstić information content (AvgIpc) is 2.86. The Labute approximate surface area is 210 Å². The molecule has 2 N–H and O–H groups in total. The van der Waals surface area contributed by atoms with Gasteiger partial charge in [0.15, 0.2) is 0 Å². The third-order valence-corrected chi connectivity index (χ3v) is 7.32. The van der Waals surface area contributed by atoms with Gasteiger partial charge >= 0.3 is 5.97 Å². The van der Waals surface area contributed by atoms with Crippen LogP contribution in [-0.4, -0.2) is 30.5 Å². The Hall–Kier alpha value is -3.75. The largest absolute Gasteiger partial charge is 0.488 e. The molecule has 7 nitrogen and oxygen atoms in total. The number of nitrogens with one attached hydrogen (secondary N) is 1. The zero-order chi connectivity index (χ0) is 25.9. The van der Waals surface area contributed by atoms with Crippen LogP contribution in [0.2, 0.25) is 0 Å². The van der Waals surface area contributed by atoms with Crippen LogP contribution in [0.5, 0.6) is 5.75 Å². The number of benzene rings is 3. The van der Waals surface area contributed by atoms with Gasteiger partial charge in [-0.1, -0.05) is 62.4 Å². The van der Waals surface area contributed by atoms with Crippen molar-refractivity contribution in [2.75, 3.05) is 0 Å². The quantitative estimate of drug-likeness (QED) is 0.326. The number of aromatic nitrogens is 1. The van der Waals surface area contributed by atoms with Gasteiger partial charge in [-0.2, -0.15) is 4.72 Å². The van der Waals surface area contributed by atoms with Gasteiger partial charge in [0, 0.05) is 17.1 Å². The van der Waals surface area contributed by atoms with Crippen molar-refractivity contribution in [2.45, 2.75) is 38.3 Å². The summed E-state index contributed by atoms with van der Waals surface area (Å²) in [6.07, 6.45) is 0. The summed E-state index contributed by atoms with van der Waals surface area (Å²) in [7, 11) is -3.96. The van der Waals surface area contributed by atoms with E-state index in [1.54, 1.807) is 26.0 Å². The van der Waals surface area contributed by atoms with Gasteiger partial charge in [0.2, 0.25) is 10.0 Å². The molecule has 0 aliphatic rings. The van der Waals surface area contributed by atoms with Gasteiger partial charge < -0.3 is 9.84 Å². The first kappa shape index (κ1) is 25.3. The molecule has 8 heteroatoms. The second-order valence-corrected chi connectivity index (χ2v) is 10.7. The fourth-order valence-corrected chi connectivity index (χ4v) is 5.21. The number of aliphatic carboxylic acids is 1. The standard InChI is InChI=1S/C28H28N2O5S/c1-18(2)27(28(31)32)30-36(33,34)23-14-12-22(13-15-23)21-10-8-20(9-11-21)17-35-26-16-19(3)29-25-7-5-4-6-24(25)26/h4-16,18,27,30H,17H2,1-3H3,(H,31,32). The number of rotatable bonds is 9. The highest BCUT2D eigenvalue weighted by Crippen LogP contribution is 2.27. The van der Waals surface area contributed by atoms with E-state index in [0.717, 1.165) is 39.0 Å². The fourth-order valence-electron chi connectivity index (χ4n) is 3.88. The molecule has 186 valence electrons. The summed E-state index contributed by atoms with van der Waals surface area (Å²) in [6, 6.07) is 22.8. The maximum absolute atomic E-state index is 12.6. The zero-order valence-electron chi connectivity index (χ0n) is 20.3. The Balaban J connectivity index is 1.45. The van der Waals surface area contributed by atoms with Crippen LogP contribution < -0.4 is 9.46 Å². The van der Waals surface area contributed by atoms with Gasteiger partial charge in [0.05, 0.1) is 10.4 Å². The molecule has 0 fully saturated rings. The molecule has 0 spiro atoms. The number of nitrogens with zero attached hydrogens (tertiary/aromatic N) is 1. The average molecular weight is 505 g/mol. The lowest BCUT2D eigenvalue weighted by molar-refractivity contribution is -0.140. The van der Waals surface area contributed by atoms with Gasteiger partial charge in [-0.25, -0.2) is 8.42 Å². The second kappa shape index (κ2) is 10.5. The van der Waals surface area contributed by atoms with Gasteiger partial charge in [0.1, 0.15) is 18.4 Å². The first-order chi connectivity index (χ1) is 17.1. The van der Waals surface area contributed by atoms with Crippen LogP contribution in [0.3, 0.4) is 0 Å². The molecule has 1 unspecified atom stereocenters. The third-order valence-electron chi connectivity index (χ3n) is 5.87. The molecular weight excluding hydrogens is 476 g/mol. The first-order valence-corrected chi connectivity index (χ1v) is 13.1. The molecule has 1 atom stereocenters. The van der Waals surface area contributed by atoms with Crippen LogP contribution in [0.15, 0.2) is 83.8 Å². The summed E-state index contributed by atoms with van der Waals surface area (Å²) in [4.78, 5) is 15.9. The van der Waals surface area contributed by atoms with Crippen LogP contribution in [0.25, 0.3) is 22.0 Å².